The minimum atomic E-state index is -0.213. The van der Waals surface area contributed by atoms with Gasteiger partial charge in [0.15, 0.2) is 5.82 Å². The van der Waals surface area contributed by atoms with Crippen molar-refractivity contribution in [3.8, 4) is 11.4 Å². The molecule has 0 saturated carbocycles. The lowest BCUT2D eigenvalue weighted by Crippen LogP contribution is -2.24. The van der Waals surface area contributed by atoms with Gasteiger partial charge in [0.2, 0.25) is 0 Å². The first-order valence-electron chi connectivity index (χ1n) is 8.84. The van der Waals surface area contributed by atoms with Gasteiger partial charge in [0, 0.05) is 49.3 Å². The molecule has 1 aromatic carbocycles. The molecule has 138 valence electrons. The monoisotopic (exact) mass is 370 g/mol. The van der Waals surface area contributed by atoms with Gasteiger partial charge in [0.05, 0.1) is 12.1 Å². The third-order valence-electron chi connectivity index (χ3n) is 4.30. The molecule has 7 heteroatoms. The second kappa shape index (κ2) is 8.22. The summed E-state index contributed by atoms with van der Waals surface area (Å²) in [5.74, 6) is 0.346. The zero-order valence-corrected chi connectivity index (χ0v) is 15.1. The van der Waals surface area contributed by atoms with Crippen LogP contribution in [-0.2, 0) is 13.1 Å². The van der Waals surface area contributed by atoms with Crippen molar-refractivity contribution in [2.24, 2.45) is 0 Å². The number of carbonyl (C=O) groups excluding carboxylic acids is 1. The lowest BCUT2D eigenvalue weighted by atomic mass is 10.1. The first-order chi connectivity index (χ1) is 13.8. The second-order valence-electron chi connectivity index (χ2n) is 6.19. The highest BCUT2D eigenvalue weighted by Gasteiger charge is 2.10. The number of amides is 1. The smallest absolute Gasteiger partial charge is 0.254 e. The van der Waals surface area contributed by atoms with Gasteiger partial charge in [0.1, 0.15) is 0 Å². The van der Waals surface area contributed by atoms with Gasteiger partial charge in [-0.1, -0.05) is 24.3 Å². The van der Waals surface area contributed by atoms with Gasteiger partial charge in [0.25, 0.3) is 5.91 Å². The molecule has 1 N–H and O–H groups in total. The van der Waals surface area contributed by atoms with E-state index in [4.69, 9.17) is 0 Å². The van der Waals surface area contributed by atoms with Crippen LogP contribution in [0.25, 0.3) is 11.4 Å². The van der Waals surface area contributed by atoms with Crippen molar-refractivity contribution in [2.75, 3.05) is 0 Å². The molecule has 28 heavy (non-hydrogen) atoms. The van der Waals surface area contributed by atoms with Crippen LogP contribution in [0.5, 0.6) is 0 Å². The summed E-state index contributed by atoms with van der Waals surface area (Å²) >= 11 is 0. The quantitative estimate of drug-likeness (QED) is 0.564. The lowest BCUT2D eigenvalue weighted by Gasteiger charge is -2.11. The van der Waals surface area contributed by atoms with E-state index >= 15 is 0 Å². The highest BCUT2D eigenvalue weighted by Crippen LogP contribution is 2.13. The molecule has 0 unspecified atom stereocenters. The summed E-state index contributed by atoms with van der Waals surface area (Å²) in [5, 5.41) is 7.17. The van der Waals surface area contributed by atoms with Crippen LogP contribution >= 0.6 is 0 Å². The van der Waals surface area contributed by atoms with E-state index in [1.807, 2.05) is 53.3 Å². The molecule has 4 aromatic rings. The Morgan fingerprint density at radius 3 is 2.39 bits per heavy atom. The molecule has 4 rings (SSSR count). The summed E-state index contributed by atoms with van der Waals surface area (Å²) < 4.78 is 1.85. The first-order valence-corrected chi connectivity index (χ1v) is 8.84. The van der Waals surface area contributed by atoms with Gasteiger partial charge in [-0.05, 0) is 29.3 Å². The summed E-state index contributed by atoms with van der Waals surface area (Å²) in [5.41, 5.74) is 3.42. The fourth-order valence-corrected chi connectivity index (χ4v) is 2.83. The molecule has 0 atom stereocenters. The van der Waals surface area contributed by atoms with Crippen LogP contribution in [0.3, 0.4) is 0 Å². The highest BCUT2D eigenvalue weighted by atomic mass is 16.1. The van der Waals surface area contributed by atoms with Crippen molar-refractivity contribution in [3.63, 3.8) is 0 Å². The number of pyridine rings is 1. The second-order valence-corrected chi connectivity index (χ2v) is 6.19. The van der Waals surface area contributed by atoms with Crippen molar-refractivity contribution in [3.05, 3.63) is 96.3 Å². The third kappa shape index (κ3) is 4.09. The van der Waals surface area contributed by atoms with E-state index in [9.17, 15) is 4.79 Å². The predicted molar refractivity (Wildman–Crippen MR) is 104 cm³/mol. The molecular formula is C21H18N6O. The minimum absolute atomic E-state index is 0.213. The van der Waals surface area contributed by atoms with Crippen molar-refractivity contribution in [2.45, 2.75) is 13.1 Å². The minimum Gasteiger partial charge on any atom is -0.348 e. The van der Waals surface area contributed by atoms with Gasteiger partial charge in [-0.25, -0.2) is 9.97 Å². The summed E-state index contributed by atoms with van der Waals surface area (Å²) in [4.78, 5) is 25.0. The zero-order valence-electron chi connectivity index (χ0n) is 15.1. The predicted octanol–water partition coefficient (Wildman–Crippen LogP) is 2.71. The first kappa shape index (κ1) is 17.5. The molecule has 0 radical (unpaired) electrons. The van der Waals surface area contributed by atoms with E-state index in [2.05, 4.69) is 25.4 Å². The van der Waals surface area contributed by atoms with E-state index in [0.717, 1.165) is 16.7 Å². The maximum atomic E-state index is 12.5. The summed E-state index contributed by atoms with van der Waals surface area (Å²) in [6, 6.07) is 13.5. The fraction of sp³-hybridized carbons (Fsp3) is 0.0952. The number of hydrogen-bond acceptors (Lipinski definition) is 5. The average molecular weight is 370 g/mol. The van der Waals surface area contributed by atoms with E-state index in [1.54, 1.807) is 18.6 Å². The van der Waals surface area contributed by atoms with Gasteiger partial charge >= 0.3 is 0 Å². The summed E-state index contributed by atoms with van der Waals surface area (Å²) in [6.07, 6.45) is 10.1. The van der Waals surface area contributed by atoms with Crippen LogP contribution in [-0.4, -0.2) is 30.6 Å². The van der Waals surface area contributed by atoms with Crippen molar-refractivity contribution in [1.29, 1.82) is 0 Å². The van der Waals surface area contributed by atoms with Crippen LogP contribution in [0.4, 0.5) is 0 Å². The van der Waals surface area contributed by atoms with Crippen molar-refractivity contribution in [1.82, 2.24) is 30.0 Å². The number of nitrogens with zero attached hydrogens (tertiary/aromatic N) is 5. The Balaban J connectivity index is 1.42. The molecule has 0 fully saturated rings. The highest BCUT2D eigenvalue weighted by molar-refractivity contribution is 5.93. The van der Waals surface area contributed by atoms with Crippen LogP contribution in [0.15, 0.2) is 79.6 Å². The number of carbonyl (C=O) groups is 1. The van der Waals surface area contributed by atoms with Gasteiger partial charge < -0.3 is 5.32 Å². The molecule has 0 aliphatic heterocycles. The van der Waals surface area contributed by atoms with Crippen LogP contribution in [0, 0.1) is 0 Å². The van der Waals surface area contributed by atoms with Crippen molar-refractivity contribution < 1.29 is 4.79 Å². The maximum Gasteiger partial charge on any atom is 0.254 e. The summed E-state index contributed by atoms with van der Waals surface area (Å²) in [6.45, 7) is 1.07. The van der Waals surface area contributed by atoms with E-state index in [0.29, 0.717) is 24.5 Å². The number of hydrogen-bond donors (Lipinski definition) is 1. The molecule has 3 aromatic heterocycles. The SMILES string of the molecule is O=C(NCc1ccccc1Cn1cccn1)c1cnc(-c2ccncc2)nc1. The van der Waals surface area contributed by atoms with Gasteiger partial charge in [-0.15, -0.1) is 0 Å². The molecule has 3 heterocycles. The Morgan fingerprint density at radius 1 is 0.929 bits per heavy atom. The Morgan fingerprint density at radius 2 is 1.68 bits per heavy atom. The fourth-order valence-electron chi connectivity index (χ4n) is 2.83. The zero-order chi connectivity index (χ0) is 19.2. The summed E-state index contributed by atoms with van der Waals surface area (Å²) in [7, 11) is 0. The molecule has 7 nitrogen and oxygen atoms in total. The van der Waals surface area contributed by atoms with Crippen LogP contribution in [0.2, 0.25) is 0 Å². The van der Waals surface area contributed by atoms with E-state index < -0.39 is 0 Å². The number of nitrogens with one attached hydrogen (secondary N) is 1. The third-order valence-corrected chi connectivity index (χ3v) is 4.30. The largest absolute Gasteiger partial charge is 0.348 e. The standard InChI is InChI=1S/C21H18N6O/c28-21(19-13-23-20(24-14-19)16-6-9-22-10-7-16)25-12-17-4-1-2-5-18(17)15-27-11-3-8-26-27/h1-11,13-14H,12,15H2,(H,25,28). The van der Waals surface area contributed by atoms with E-state index in [1.165, 1.54) is 12.4 Å². The number of rotatable bonds is 6. The molecule has 0 aliphatic carbocycles. The lowest BCUT2D eigenvalue weighted by molar-refractivity contribution is 0.0950. The molecule has 1 amide bonds. The van der Waals surface area contributed by atoms with Gasteiger partial charge in [-0.2, -0.15) is 5.10 Å². The molecular weight excluding hydrogens is 352 g/mol. The Hall–Kier alpha value is -3.87. The maximum absolute atomic E-state index is 12.5. The Bertz CT molecular complexity index is 1050. The van der Waals surface area contributed by atoms with Crippen LogP contribution in [0.1, 0.15) is 21.5 Å². The molecule has 0 saturated heterocycles. The van der Waals surface area contributed by atoms with E-state index in [-0.39, 0.29) is 5.91 Å². The number of benzene rings is 1. The normalized spacial score (nSPS) is 10.6. The number of aromatic nitrogens is 5. The van der Waals surface area contributed by atoms with Gasteiger partial charge in [-0.3, -0.25) is 14.5 Å². The Labute approximate surface area is 162 Å². The average Bonchev–Trinajstić information content (AvgIpc) is 3.27. The van der Waals surface area contributed by atoms with Crippen LogP contribution < -0.4 is 5.32 Å². The Kier molecular flexibility index (Phi) is 5.15. The topological polar surface area (TPSA) is 85.6 Å². The molecule has 0 spiro atoms. The molecule has 0 aliphatic rings. The molecule has 0 bridgehead atoms. The van der Waals surface area contributed by atoms with Crippen molar-refractivity contribution >= 4 is 5.91 Å².